The first-order valence-electron chi connectivity index (χ1n) is 7.78. The second-order valence-electron chi connectivity index (χ2n) is 5.20. The average molecular weight is 363 g/mol. The molecule has 7 heteroatoms. The molecule has 0 aliphatic heterocycles. The smallest absolute Gasteiger partial charge is 0.328 e. The minimum Gasteiger partial charge on any atom is -0.486 e. The first-order valence-corrected chi connectivity index (χ1v) is 9.17. The Balaban J connectivity index is 1.93. The van der Waals surface area contributed by atoms with Crippen LogP contribution in [0.5, 0.6) is 5.75 Å². The molecule has 1 aromatic carbocycles. The van der Waals surface area contributed by atoms with Crippen LogP contribution in [0.25, 0.3) is 0 Å². The summed E-state index contributed by atoms with van der Waals surface area (Å²) in [6.07, 6.45) is 2.42. The van der Waals surface area contributed by atoms with Crippen molar-refractivity contribution in [2.75, 3.05) is 19.1 Å². The van der Waals surface area contributed by atoms with E-state index in [-0.39, 0.29) is 12.4 Å². The van der Waals surface area contributed by atoms with E-state index in [1.54, 1.807) is 23.9 Å². The minimum absolute atomic E-state index is 0.129. The Hall–Kier alpha value is -2.41. The lowest BCUT2D eigenvalue weighted by Crippen LogP contribution is -2.41. The lowest BCUT2D eigenvalue weighted by Gasteiger charge is -2.15. The summed E-state index contributed by atoms with van der Waals surface area (Å²) in [5.41, 5.74) is 0. The van der Waals surface area contributed by atoms with Crippen LogP contribution >= 0.6 is 11.8 Å². The standard InChI is InChI=1S/C18H21NO5S/c1-22-18(21)15(10-11-25-2)19-17(20)16-9-8-14(24-16)12-23-13-6-4-3-5-7-13/h3-9,15H,10-12H2,1-2H3,(H,19,20)/t15-/m1/s1. The van der Waals surface area contributed by atoms with Crippen LogP contribution in [0.4, 0.5) is 0 Å². The number of thioether (sulfide) groups is 1. The maximum Gasteiger partial charge on any atom is 0.328 e. The van der Waals surface area contributed by atoms with Crippen molar-refractivity contribution >= 4 is 23.6 Å². The fraction of sp³-hybridized carbons (Fsp3) is 0.333. The zero-order valence-corrected chi connectivity index (χ0v) is 15.0. The number of esters is 1. The molecular weight excluding hydrogens is 342 g/mol. The Morgan fingerprint density at radius 2 is 1.96 bits per heavy atom. The van der Waals surface area contributed by atoms with Crippen LogP contribution in [-0.4, -0.2) is 37.0 Å². The predicted molar refractivity (Wildman–Crippen MR) is 95.8 cm³/mol. The monoisotopic (exact) mass is 363 g/mol. The maximum atomic E-state index is 12.3. The lowest BCUT2D eigenvalue weighted by atomic mass is 10.2. The Morgan fingerprint density at radius 1 is 1.20 bits per heavy atom. The van der Waals surface area contributed by atoms with Gasteiger partial charge in [0.05, 0.1) is 7.11 Å². The minimum atomic E-state index is -0.695. The lowest BCUT2D eigenvalue weighted by molar-refractivity contribution is -0.142. The van der Waals surface area contributed by atoms with Crippen molar-refractivity contribution in [2.45, 2.75) is 19.1 Å². The first-order chi connectivity index (χ1) is 12.1. The highest BCUT2D eigenvalue weighted by Crippen LogP contribution is 2.14. The van der Waals surface area contributed by atoms with E-state index in [0.717, 1.165) is 5.75 Å². The summed E-state index contributed by atoms with van der Waals surface area (Å²) in [4.78, 5) is 24.0. The van der Waals surface area contributed by atoms with Crippen molar-refractivity contribution < 1.29 is 23.5 Å². The van der Waals surface area contributed by atoms with Gasteiger partial charge in [-0.2, -0.15) is 11.8 Å². The number of carbonyl (C=O) groups is 2. The zero-order valence-electron chi connectivity index (χ0n) is 14.2. The first kappa shape index (κ1) is 18.9. The number of methoxy groups -OCH3 is 1. The Kier molecular flexibility index (Phi) is 7.40. The second kappa shape index (κ2) is 9.78. The molecule has 134 valence electrons. The molecule has 1 amide bonds. The number of para-hydroxylation sites is 1. The average Bonchev–Trinajstić information content (AvgIpc) is 3.12. The highest BCUT2D eigenvalue weighted by molar-refractivity contribution is 7.98. The Morgan fingerprint density at radius 3 is 2.64 bits per heavy atom. The van der Waals surface area contributed by atoms with Crippen molar-refractivity contribution in [3.05, 3.63) is 54.0 Å². The molecule has 1 atom stereocenters. The van der Waals surface area contributed by atoms with Gasteiger partial charge in [0.1, 0.15) is 24.2 Å². The molecule has 1 N–H and O–H groups in total. The normalized spacial score (nSPS) is 11.6. The van der Waals surface area contributed by atoms with E-state index in [2.05, 4.69) is 5.32 Å². The van der Waals surface area contributed by atoms with E-state index >= 15 is 0 Å². The summed E-state index contributed by atoms with van der Waals surface area (Å²) in [5, 5.41) is 2.64. The number of hydrogen-bond donors (Lipinski definition) is 1. The molecule has 2 rings (SSSR count). The predicted octanol–water partition coefficient (Wildman–Crippen LogP) is 2.88. The molecule has 0 bridgehead atoms. The van der Waals surface area contributed by atoms with Crippen molar-refractivity contribution in [3.8, 4) is 5.75 Å². The molecule has 2 aromatic rings. The Labute approximate surface area is 150 Å². The van der Waals surface area contributed by atoms with E-state index in [1.165, 1.54) is 7.11 Å². The maximum absolute atomic E-state index is 12.3. The molecule has 1 aromatic heterocycles. The number of nitrogens with one attached hydrogen (secondary N) is 1. The molecule has 0 unspecified atom stereocenters. The molecule has 0 aliphatic rings. The zero-order chi connectivity index (χ0) is 18.1. The quantitative estimate of drug-likeness (QED) is 0.690. The van der Waals surface area contributed by atoms with E-state index in [4.69, 9.17) is 13.9 Å². The summed E-state index contributed by atoms with van der Waals surface area (Å²) in [6, 6.07) is 11.9. The van der Waals surface area contributed by atoms with Crippen LogP contribution in [0.3, 0.4) is 0 Å². The molecule has 25 heavy (non-hydrogen) atoms. The third-order valence-corrected chi connectivity index (χ3v) is 4.06. The van der Waals surface area contributed by atoms with E-state index in [9.17, 15) is 9.59 Å². The number of furan rings is 1. The molecule has 0 aliphatic carbocycles. The van der Waals surface area contributed by atoms with Crippen LogP contribution in [0.1, 0.15) is 22.7 Å². The third kappa shape index (κ3) is 5.86. The molecule has 0 radical (unpaired) electrons. The van der Waals surface area contributed by atoms with Crippen molar-refractivity contribution in [3.63, 3.8) is 0 Å². The van der Waals surface area contributed by atoms with Gasteiger partial charge in [0.2, 0.25) is 0 Å². The van der Waals surface area contributed by atoms with Gasteiger partial charge >= 0.3 is 5.97 Å². The van der Waals surface area contributed by atoms with Gasteiger partial charge in [0, 0.05) is 0 Å². The topological polar surface area (TPSA) is 77.8 Å². The molecule has 0 fully saturated rings. The highest BCUT2D eigenvalue weighted by atomic mass is 32.2. The van der Waals surface area contributed by atoms with Gasteiger partial charge in [0.15, 0.2) is 5.76 Å². The van der Waals surface area contributed by atoms with Crippen molar-refractivity contribution in [2.24, 2.45) is 0 Å². The fourth-order valence-corrected chi connectivity index (χ4v) is 2.58. The van der Waals surface area contributed by atoms with E-state index < -0.39 is 17.9 Å². The molecule has 0 spiro atoms. The van der Waals surface area contributed by atoms with Crippen LogP contribution in [0.15, 0.2) is 46.9 Å². The van der Waals surface area contributed by atoms with Gasteiger partial charge in [-0.1, -0.05) is 18.2 Å². The molecular formula is C18H21NO5S. The van der Waals surface area contributed by atoms with Gasteiger partial charge in [-0.05, 0) is 42.7 Å². The fourth-order valence-electron chi connectivity index (χ4n) is 2.10. The van der Waals surface area contributed by atoms with Gasteiger partial charge in [0.25, 0.3) is 5.91 Å². The SMILES string of the molecule is COC(=O)[C@@H](CCSC)NC(=O)c1ccc(COc2ccccc2)o1. The number of carbonyl (C=O) groups excluding carboxylic acids is 2. The third-order valence-electron chi connectivity index (χ3n) is 3.41. The summed E-state index contributed by atoms with van der Waals surface area (Å²) >= 11 is 1.59. The number of benzene rings is 1. The van der Waals surface area contributed by atoms with Gasteiger partial charge in [-0.3, -0.25) is 4.79 Å². The van der Waals surface area contributed by atoms with E-state index in [1.807, 2.05) is 36.6 Å². The van der Waals surface area contributed by atoms with Crippen LogP contribution in [-0.2, 0) is 16.1 Å². The van der Waals surface area contributed by atoms with Crippen LogP contribution < -0.4 is 10.1 Å². The Bertz CT molecular complexity index is 686. The summed E-state index contributed by atoms with van der Waals surface area (Å²) in [6.45, 7) is 0.212. The van der Waals surface area contributed by atoms with Gasteiger partial charge in [-0.15, -0.1) is 0 Å². The van der Waals surface area contributed by atoms with Crippen LogP contribution in [0, 0.1) is 0 Å². The summed E-state index contributed by atoms with van der Waals surface area (Å²) < 4.78 is 15.8. The molecule has 1 heterocycles. The second-order valence-corrected chi connectivity index (χ2v) is 6.18. The highest BCUT2D eigenvalue weighted by Gasteiger charge is 2.23. The van der Waals surface area contributed by atoms with E-state index in [0.29, 0.717) is 17.9 Å². The van der Waals surface area contributed by atoms with Crippen LogP contribution in [0.2, 0.25) is 0 Å². The number of rotatable bonds is 9. The van der Waals surface area contributed by atoms with Crippen molar-refractivity contribution in [1.29, 1.82) is 0 Å². The molecule has 6 nitrogen and oxygen atoms in total. The summed E-state index contributed by atoms with van der Waals surface area (Å²) in [7, 11) is 1.30. The van der Waals surface area contributed by atoms with Crippen molar-refractivity contribution in [1.82, 2.24) is 5.32 Å². The van der Waals surface area contributed by atoms with Gasteiger partial charge < -0.3 is 19.2 Å². The number of ether oxygens (including phenoxy) is 2. The molecule has 0 saturated carbocycles. The number of hydrogen-bond acceptors (Lipinski definition) is 6. The molecule has 0 saturated heterocycles. The number of amides is 1. The summed E-state index contributed by atoms with van der Waals surface area (Å²) in [5.74, 6) is 1.17. The largest absolute Gasteiger partial charge is 0.486 e. The van der Waals surface area contributed by atoms with Gasteiger partial charge in [-0.25, -0.2) is 4.79 Å².